The van der Waals surface area contributed by atoms with Gasteiger partial charge in [0.05, 0.1) is 6.20 Å². The van der Waals surface area contributed by atoms with E-state index >= 15 is 0 Å². The van der Waals surface area contributed by atoms with Gasteiger partial charge < -0.3 is 15.5 Å². The topological polar surface area (TPSA) is 81.0 Å². The van der Waals surface area contributed by atoms with E-state index in [2.05, 4.69) is 9.97 Å². The third-order valence-electron chi connectivity index (χ3n) is 2.66. The number of ether oxygens (including phenoxy) is 1. The summed E-state index contributed by atoms with van der Waals surface area (Å²) >= 11 is 6.08. The minimum Gasteiger partial charge on any atom is -0.486 e. The molecule has 0 amide bonds. The molecule has 5 nitrogen and oxygen atoms in total. The molecule has 0 saturated carbocycles. The monoisotopic (exact) mass is 279 g/mol. The zero-order valence-electron chi connectivity index (χ0n) is 10.7. The van der Waals surface area contributed by atoms with Crippen LogP contribution in [0.15, 0.2) is 23.1 Å². The maximum Gasteiger partial charge on any atom is 0.274 e. The van der Waals surface area contributed by atoms with Gasteiger partial charge >= 0.3 is 0 Å². The van der Waals surface area contributed by atoms with Gasteiger partial charge in [-0.25, -0.2) is 4.98 Å². The number of H-pyrrole nitrogens is 1. The number of nitrogens with two attached hydrogens (primary N) is 1. The van der Waals surface area contributed by atoms with Crippen molar-refractivity contribution < 1.29 is 4.74 Å². The summed E-state index contributed by atoms with van der Waals surface area (Å²) in [5.74, 6) is 1.10. The maximum atomic E-state index is 11.3. The Kier molecular flexibility index (Phi) is 3.76. The molecule has 3 N–H and O–H groups in total. The van der Waals surface area contributed by atoms with Crippen LogP contribution in [-0.2, 0) is 6.61 Å². The van der Waals surface area contributed by atoms with Gasteiger partial charge in [0.25, 0.3) is 5.56 Å². The number of nitrogen functional groups attached to an aromatic ring is 1. The molecule has 0 bridgehead atoms. The van der Waals surface area contributed by atoms with Crippen LogP contribution >= 0.6 is 11.6 Å². The molecule has 2 rings (SSSR count). The molecule has 0 aliphatic heterocycles. The van der Waals surface area contributed by atoms with E-state index in [9.17, 15) is 4.79 Å². The lowest BCUT2D eigenvalue weighted by Gasteiger charge is -2.09. The lowest BCUT2D eigenvalue weighted by molar-refractivity contribution is 0.295. The molecule has 0 aliphatic carbocycles. The molecule has 1 aromatic heterocycles. The summed E-state index contributed by atoms with van der Waals surface area (Å²) in [6.45, 7) is 3.98. The Morgan fingerprint density at radius 3 is 2.58 bits per heavy atom. The van der Waals surface area contributed by atoms with Crippen LogP contribution in [0.1, 0.15) is 17.0 Å². The highest BCUT2D eigenvalue weighted by Gasteiger charge is 2.05. The number of anilines is 1. The molecule has 0 saturated heterocycles. The number of aryl methyl sites for hydroxylation is 2. The number of hydrogen-bond donors (Lipinski definition) is 2. The van der Waals surface area contributed by atoms with Crippen molar-refractivity contribution in [3.8, 4) is 5.75 Å². The van der Waals surface area contributed by atoms with Crippen LogP contribution in [0.5, 0.6) is 5.75 Å². The summed E-state index contributed by atoms with van der Waals surface area (Å²) in [4.78, 5) is 17.8. The first-order valence-corrected chi connectivity index (χ1v) is 6.08. The van der Waals surface area contributed by atoms with Crippen LogP contribution in [0.4, 0.5) is 5.69 Å². The molecule has 0 spiro atoms. The number of nitrogens with one attached hydrogen (secondary N) is 1. The molecule has 0 unspecified atom stereocenters. The molecule has 0 fully saturated rings. The molecule has 100 valence electrons. The number of halogens is 1. The first kappa shape index (κ1) is 13.4. The van der Waals surface area contributed by atoms with E-state index in [1.165, 1.54) is 6.20 Å². The van der Waals surface area contributed by atoms with Crippen molar-refractivity contribution in [2.24, 2.45) is 0 Å². The van der Waals surface area contributed by atoms with E-state index in [1.807, 2.05) is 26.0 Å². The number of benzene rings is 1. The molecule has 1 heterocycles. The summed E-state index contributed by atoms with van der Waals surface area (Å²) < 4.78 is 5.57. The maximum absolute atomic E-state index is 11.3. The van der Waals surface area contributed by atoms with Crippen molar-refractivity contribution in [3.05, 3.63) is 50.7 Å². The fraction of sp³-hybridized carbons (Fsp3) is 0.231. The van der Waals surface area contributed by atoms with E-state index in [-0.39, 0.29) is 17.9 Å². The fourth-order valence-corrected chi connectivity index (χ4v) is 1.77. The number of aromatic nitrogens is 2. The van der Waals surface area contributed by atoms with Crippen molar-refractivity contribution in [3.63, 3.8) is 0 Å². The van der Waals surface area contributed by atoms with Crippen LogP contribution in [-0.4, -0.2) is 9.97 Å². The van der Waals surface area contributed by atoms with Gasteiger partial charge in [-0.2, -0.15) is 0 Å². The summed E-state index contributed by atoms with van der Waals surface area (Å²) in [6.07, 6.45) is 1.32. The first-order chi connectivity index (χ1) is 8.97. The number of aromatic amines is 1. The zero-order valence-corrected chi connectivity index (χ0v) is 11.4. The SMILES string of the molecule is Cc1cc(OCc2ncc(N)c(=O)[nH]2)cc(C)c1Cl. The predicted octanol–water partition coefficient (Wildman–Crippen LogP) is 2.20. The van der Waals surface area contributed by atoms with Crippen molar-refractivity contribution in [1.29, 1.82) is 0 Å². The molecule has 0 atom stereocenters. The Morgan fingerprint density at radius 1 is 1.37 bits per heavy atom. The van der Waals surface area contributed by atoms with Crippen LogP contribution in [0.3, 0.4) is 0 Å². The highest BCUT2D eigenvalue weighted by Crippen LogP contribution is 2.26. The molecular formula is C13H14ClN3O2. The third kappa shape index (κ3) is 3.06. The Balaban J connectivity index is 2.14. The van der Waals surface area contributed by atoms with Gasteiger partial charge in [-0.3, -0.25) is 4.79 Å². The van der Waals surface area contributed by atoms with Gasteiger partial charge in [-0.15, -0.1) is 0 Å². The van der Waals surface area contributed by atoms with E-state index in [0.717, 1.165) is 16.1 Å². The van der Waals surface area contributed by atoms with E-state index in [0.29, 0.717) is 11.6 Å². The Morgan fingerprint density at radius 2 is 2.00 bits per heavy atom. The lowest BCUT2D eigenvalue weighted by Crippen LogP contribution is -2.16. The summed E-state index contributed by atoms with van der Waals surface area (Å²) in [6, 6.07) is 3.68. The molecule has 6 heteroatoms. The zero-order chi connectivity index (χ0) is 14.0. The normalized spacial score (nSPS) is 10.5. The lowest BCUT2D eigenvalue weighted by atomic mass is 10.1. The molecule has 1 aromatic carbocycles. The van der Waals surface area contributed by atoms with Gasteiger partial charge in [-0.1, -0.05) is 11.6 Å². The quantitative estimate of drug-likeness (QED) is 0.902. The Bertz CT molecular complexity index is 644. The first-order valence-electron chi connectivity index (χ1n) is 5.70. The second-order valence-electron chi connectivity index (χ2n) is 4.27. The van der Waals surface area contributed by atoms with Crippen LogP contribution in [0.2, 0.25) is 5.02 Å². The average molecular weight is 280 g/mol. The van der Waals surface area contributed by atoms with Gasteiger partial charge in [0.1, 0.15) is 23.9 Å². The highest BCUT2D eigenvalue weighted by atomic mass is 35.5. The second-order valence-corrected chi connectivity index (χ2v) is 4.65. The number of rotatable bonds is 3. The van der Waals surface area contributed by atoms with Gasteiger partial charge in [0, 0.05) is 5.02 Å². The number of hydrogen-bond acceptors (Lipinski definition) is 4. The van der Waals surface area contributed by atoms with Crippen molar-refractivity contribution in [2.75, 3.05) is 5.73 Å². The highest BCUT2D eigenvalue weighted by molar-refractivity contribution is 6.32. The van der Waals surface area contributed by atoms with Crippen LogP contribution in [0.25, 0.3) is 0 Å². The summed E-state index contributed by atoms with van der Waals surface area (Å²) in [5.41, 5.74) is 6.99. The van der Waals surface area contributed by atoms with E-state index in [1.54, 1.807) is 0 Å². The fourth-order valence-electron chi connectivity index (χ4n) is 1.66. The Hall–Kier alpha value is -2.01. The number of nitrogens with zero attached hydrogens (tertiary/aromatic N) is 1. The van der Waals surface area contributed by atoms with E-state index in [4.69, 9.17) is 22.1 Å². The minimum atomic E-state index is -0.364. The second kappa shape index (κ2) is 5.32. The molecule has 19 heavy (non-hydrogen) atoms. The molecule has 0 radical (unpaired) electrons. The van der Waals surface area contributed by atoms with Crippen LogP contribution in [0, 0.1) is 13.8 Å². The van der Waals surface area contributed by atoms with Crippen molar-refractivity contribution in [1.82, 2.24) is 9.97 Å². The molecule has 2 aromatic rings. The van der Waals surface area contributed by atoms with Crippen molar-refractivity contribution in [2.45, 2.75) is 20.5 Å². The third-order valence-corrected chi connectivity index (χ3v) is 3.26. The van der Waals surface area contributed by atoms with Gasteiger partial charge in [0.15, 0.2) is 0 Å². The minimum absolute atomic E-state index is 0.0851. The van der Waals surface area contributed by atoms with Crippen LogP contribution < -0.4 is 16.0 Å². The van der Waals surface area contributed by atoms with Gasteiger partial charge in [0.2, 0.25) is 0 Å². The van der Waals surface area contributed by atoms with Crippen molar-refractivity contribution >= 4 is 17.3 Å². The summed E-state index contributed by atoms with van der Waals surface area (Å²) in [5, 5.41) is 0.728. The molecule has 0 aliphatic rings. The largest absolute Gasteiger partial charge is 0.486 e. The Labute approximate surface area is 115 Å². The standard InChI is InChI=1S/C13H14ClN3O2/c1-7-3-9(4-8(2)12(7)14)19-6-11-16-5-10(15)13(18)17-11/h3-5H,6,15H2,1-2H3,(H,16,17,18). The van der Waals surface area contributed by atoms with Gasteiger partial charge in [-0.05, 0) is 37.1 Å². The smallest absolute Gasteiger partial charge is 0.274 e. The predicted molar refractivity (Wildman–Crippen MR) is 74.5 cm³/mol. The summed E-state index contributed by atoms with van der Waals surface area (Å²) in [7, 11) is 0. The molecular weight excluding hydrogens is 266 g/mol. The van der Waals surface area contributed by atoms with E-state index < -0.39 is 0 Å². The average Bonchev–Trinajstić information content (AvgIpc) is 2.37.